The molecule has 0 spiro atoms. The zero-order chi connectivity index (χ0) is 23.3. The third kappa shape index (κ3) is 7.43. The fraction of sp³-hybridized carbons (Fsp3) is 0.538. The van der Waals surface area contributed by atoms with Gasteiger partial charge in [0.25, 0.3) is 5.91 Å². The fourth-order valence-corrected chi connectivity index (χ4v) is 3.68. The molecular weight excluding hydrogens is 406 g/mol. The minimum atomic E-state index is -0.647. The van der Waals surface area contributed by atoms with E-state index in [1.54, 1.807) is 31.4 Å². The summed E-state index contributed by atoms with van der Waals surface area (Å²) in [6.07, 6.45) is 12.2. The predicted octanol–water partition coefficient (Wildman–Crippen LogP) is 5.83. The van der Waals surface area contributed by atoms with Crippen molar-refractivity contribution in [2.75, 3.05) is 13.7 Å². The molecule has 2 rings (SSSR count). The minimum Gasteiger partial charge on any atom is -0.504 e. The van der Waals surface area contributed by atoms with Crippen LogP contribution in [-0.2, 0) is 14.3 Å². The lowest BCUT2D eigenvalue weighted by molar-refractivity contribution is -0.133. The summed E-state index contributed by atoms with van der Waals surface area (Å²) in [7, 11) is 1.56. The number of cyclic esters (lactones) is 1. The van der Waals surface area contributed by atoms with Gasteiger partial charge >= 0.3 is 5.97 Å². The molecule has 176 valence electrons. The van der Waals surface area contributed by atoms with Crippen molar-refractivity contribution in [3.63, 3.8) is 0 Å². The lowest BCUT2D eigenvalue weighted by Gasteiger charge is -2.12. The normalized spacial score (nSPS) is 15.0. The molecule has 0 unspecified atom stereocenters. The molecule has 0 atom stereocenters. The number of esters is 1. The summed E-state index contributed by atoms with van der Waals surface area (Å²) in [4.78, 5) is 24.9. The number of methoxy groups -OCH3 is 1. The second-order valence-corrected chi connectivity index (χ2v) is 8.23. The van der Waals surface area contributed by atoms with Gasteiger partial charge in [0.1, 0.15) is 5.75 Å². The fourth-order valence-electron chi connectivity index (χ4n) is 3.68. The number of nitrogens with one attached hydrogen (secondary N) is 1. The number of rotatable bonds is 14. The smallest absolute Gasteiger partial charge is 0.343 e. The number of hydrogen-bond acceptors (Lipinski definition) is 5. The maximum absolute atomic E-state index is 13.0. The molecule has 1 aromatic carbocycles. The molecule has 1 amide bonds. The molecule has 1 aliphatic rings. The van der Waals surface area contributed by atoms with E-state index < -0.39 is 5.97 Å². The van der Waals surface area contributed by atoms with E-state index in [0.29, 0.717) is 17.9 Å². The van der Waals surface area contributed by atoms with E-state index in [0.717, 1.165) is 19.3 Å². The van der Waals surface area contributed by atoms with E-state index in [4.69, 9.17) is 9.47 Å². The topological polar surface area (TPSA) is 84.9 Å². The number of unbranched alkanes of at least 4 members (excludes halogenated alkanes) is 9. The van der Waals surface area contributed by atoms with Crippen molar-refractivity contribution < 1.29 is 24.2 Å². The molecular formula is C26H37NO5. The average molecular weight is 444 g/mol. The summed E-state index contributed by atoms with van der Waals surface area (Å²) in [6.45, 7) is 4.23. The highest BCUT2D eigenvalue weighted by Gasteiger charge is 2.32. The van der Waals surface area contributed by atoms with E-state index in [1.807, 2.05) is 0 Å². The first kappa shape index (κ1) is 25.5. The largest absolute Gasteiger partial charge is 0.504 e. The van der Waals surface area contributed by atoms with Crippen molar-refractivity contribution in [3.05, 3.63) is 46.9 Å². The number of benzene rings is 1. The lowest BCUT2D eigenvalue weighted by atomic mass is 10.0. The van der Waals surface area contributed by atoms with Crippen LogP contribution in [0.4, 0.5) is 0 Å². The van der Waals surface area contributed by atoms with Crippen molar-refractivity contribution in [1.29, 1.82) is 0 Å². The molecule has 0 radical (unpaired) electrons. The van der Waals surface area contributed by atoms with Gasteiger partial charge in [-0.25, -0.2) is 4.79 Å². The Balaban J connectivity index is 1.90. The second kappa shape index (κ2) is 13.6. The van der Waals surface area contributed by atoms with Crippen LogP contribution >= 0.6 is 0 Å². The van der Waals surface area contributed by atoms with E-state index in [2.05, 4.69) is 12.2 Å². The number of ether oxygens (including phenoxy) is 2. The van der Waals surface area contributed by atoms with Crippen LogP contribution < -0.4 is 10.1 Å². The molecule has 0 saturated heterocycles. The Bertz CT molecular complexity index is 823. The molecule has 0 aliphatic carbocycles. The Hall–Kier alpha value is -2.76. The third-order valence-electron chi connectivity index (χ3n) is 5.72. The van der Waals surface area contributed by atoms with E-state index >= 15 is 0 Å². The Morgan fingerprint density at radius 1 is 0.969 bits per heavy atom. The SMILES string of the molecule is CCCCCCCCCCCCNC(=O)/C(=C1/OC(=O)C(C)=C1O)c1ccc(OC)cc1. The van der Waals surface area contributed by atoms with Gasteiger partial charge in [-0.2, -0.15) is 0 Å². The number of carbonyl (C=O) groups excluding carboxylic acids is 2. The first-order valence-corrected chi connectivity index (χ1v) is 11.8. The Labute approximate surface area is 191 Å². The van der Waals surface area contributed by atoms with Crippen molar-refractivity contribution in [1.82, 2.24) is 5.32 Å². The van der Waals surface area contributed by atoms with E-state index in [-0.39, 0.29) is 28.6 Å². The van der Waals surface area contributed by atoms with Crippen LogP contribution in [0.5, 0.6) is 5.75 Å². The van der Waals surface area contributed by atoms with Crippen LogP contribution in [0.3, 0.4) is 0 Å². The van der Waals surface area contributed by atoms with Gasteiger partial charge in [-0.3, -0.25) is 4.79 Å². The zero-order valence-electron chi connectivity index (χ0n) is 19.7. The number of amides is 1. The lowest BCUT2D eigenvalue weighted by Crippen LogP contribution is -2.26. The molecule has 2 N–H and O–H groups in total. The van der Waals surface area contributed by atoms with E-state index in [1.165, 1.54) is 51.9 Å². The van der Waals surface area contributed by atoms with Crippen LogP contribution in [0.2, 0.25) is 0 Å². The first-order chi connectivity index (χ1) is 15.5. The molecule has 0 saturated carbocycles. The van der Waals surface area contributed by atoms with Crippen molar-refractivity contribution in [2.24, 2.45) is 0 Å². The highest BCUT2D eigenvalue weighted by atomic mass is 16.6. The van der Waals surface area contributed by atoms with Crippen LogP contribution in [0, 0.1) is 0 Å². The van der Waals surface area contributed by atoms with Crippen LogP contribution in [-0.4, -0.2) is 30.6 Å². The summed E-state index contributed by atoms with van der Waals surface area (Å²) in [5.74, 6) is -0.780. The van der Waals surface area contributed by atoms with Gasteiger partial charge in [0.15, 0.2) is 11.5 Å². The highest BCUT2D eigenvalue weighted by Crippen LogP contribution is 2.32. The Morgan fingerprint density at radius 2 is 1.53 bits per heavy atom. The summed E-state index contributed by atoms with van der Waals surface area (Å²) in [6, 6.07) is 6.84. The third-order valence-corrected chi connectivity index (χ3v) is 5.72. The first-order valence-electron chi connectivity index (χ1n) is 11.8. The molecule has 0 fully saturated rings. The van der Waals surface area contributed by atoms with Crippen LogP contribution in [0.1, 0.15) is 83.6 Å². The molecule has 0 aromatic heterocycles. The molecule has 0 bridgehead atoms. The number of aliphatic hydroxyl groups excluding tert-OH is 1. The van der Waals surface area contributed by atoms with Crippen molar-refractivity contribution in [3.8, 4) is 5.75 Å². The van der Waals surface area contributed by atoms with Gasteiger partial charge in [-0.1, -0.05) is 76.8 Å². The molecule has 1 heterocycles. The summed E-state index contributed by atoms with van der Waals surface area (Å²) in [5.41, 5.74) is 0.770. The molecule has 32 heavy (non-hydrogen) atoms. The quantitative estimate of drug-likeness (QED) is 0.215. The summed E-state index contributed by atoms with van der Waals surface area (Å²) >= 11 is 0. The number of carbonyl (C=O) groups is 2. The van der Waals surface area contributed by atoms with Crippen LogP contribution in [0.15, 0.2) is 41.4 Å². The highest BCUT2D eigenvalue weighted by molar-refractivity contribution is 6.21. The van der Waals surface area contributed by atoms with Crippen molar-refractivity contribution in [2.45, 2.75) is 78.1 Å². The van der Waals surface area contributed by atoms with Gasteiger partial charge < -0.3 is 19.9 Å². The van der Waals surface area contributed by atoms with Gasteiger partial charge in [0, 0.05) is 6.54 Å². The van der Waals surface area contributed by atoms with Gasteiger partial charge in [-0.15, -0.1) is 0 Å². The standard InChI is InChI=1S/C26H37NO5/c1-4-5-6-7-8-9-10-11-12-13-18-27-25(29)22(20-14-16-21(31-3)17-15-20)24-23(28)19(2)26(30)32-24/h14-17,28H,4-13,18H2,1-3H3,(H,27,29)/b24-22+. The summed E-state index contributed by atoms with van der Waals surface area (Å²) < 4.78 is 10.4. The monoisotopic (exact) mass is 443 g/mol. The minimum absolute atomic E-state index is 0.0912. The number of aliphatic hydroxyl groups is 1. The van der Waals surface area contributed by atoms with E-state index in [9.17, 15) is 14.7 Å². The average Bonchev–Trinajstić information content (AvgIpc) is 3.05. The van der Waals surface area contributed by atoms with Crippen LogP contribution in [0.25, 0.3) is 5.57 Å². The number of hydrogen-bond donors (Lipinski definition) is 2. The predicted molar refractivity (Wildman–Crippen MR) is 126 cm³/mol. The zero-order valence-corrected chi connectivity index (χ0v) is 19.7. The molecule has 1 aromatic rings. The molecule has 1 aliphatic heterocycles. The second-order valence-electron chi connectivity index (χ2n) is 8.23. The maximum atomic E-state index is 13.0. The molecule has 6 nitrogen and oxygen atoms in total. The Morgan fingerprint density at radius 3 is 2.03 bits per heavy atom. The van der Waals surface area contributed by atoms with Gasteiger partial charge in [0.2, 0.25) is 0 Å². The van der Waals surface area contributed by atoms with Gasteiger partial charge in [0.05, 0.1) is 18.3 Å². The van der Waals surface area contributed by atoms with Gasteiger partial charge in [-0.05, 0) is 31.0 Å². The summed E-state index contributed by atoms with van der Waals surface area (Å²) in [5, 5.41) is 13.2. The Kier molecular flexibility index (Phi) is 10.8. The molecule has 6 heteroatoms. The maximum Gasteiger partial charge on any atom is 0.343 e. The van der Waals surface area contributed by atoms with Crippen molar-refractivity contribution >= 4 is 17.4 Å².